The third kappa shape index (κ3) is 10.1. The second kappa shape index (κ2) is 15.1. The van der Waals surface area contributed by atoms with Crippen LogP contribution in [0, 0.1) is 5.92 Å². The summed E-state index contributed by atoms with van der Waals surface area (Å²) in [6, 6.07) is 28.6. The van der Waals surface area contributed by atoms with Gasteiger partial charge in [0.25, 0.3) is 0 Å². The van der Waals surface area contributed by atoms with E-state index < -0.39 is 0 Å². The summed E-state index contributed by atoms with van der Waals surface area (Å²) in [5.74, 6) is -0.266. The third-order valence-corrected chi connectivity index (χ3v) is 5.54. The number of carbonyl (C=O) groups is 3. The lowest BCUT2D eigenvalue weighted by Gasteiger charge is -2.16. The van der Waals surface area contributed by atoms with Crippen LogP contribution in [0.2, 0.25) is 0 Å². The van der Waals surface area contributed by atoms with Crippen molar-refractivity contribution in [3.8, 4) is 0 Å². The minimum Gasteiger partial charge on any atom is -0.461 e. The standard InChI is InChI=1S/C30H32NO5/c32-28(35-22-25-13-6-2-7-14-25)17-10-20-31-30(34)27(21-24-11-4-1-5-12-24)18-19-29(33)36-23-26-15-8-3-9-16-26/h1-9,11-16H,10,17-23H2,(H,31,34). The molecular weight excluding hydrogens is 454 g/mol. The first-order chi connectivity index (χ1) is 17.6. The number of hydrogen-bond donors (Lipinski definition) is 1. The van der Waals surface area contributed by atoms with Crippen LogP contribution >= 0.6 is 0 Å². The number of rotatable bonds is 14. The normalized spacial score (nSPS) is 10.6. The molecule has 6 heteroatoms. The van der Waals surface area contributed by atoms with Crippen molar-refractivity contribution in [1.82, 2.24) is 5.32 Å². The molecule has 0 aromatic heterocycles. The van der Waals surface area contributed by atoms with E-state index >= 15 is 0 Å². The summed E-state index contributed by atoms with van der Waals surface area (Å²) in [7, 11) is 0. The van der Waals surface area contributed by atoms with E-state index in [1.165, 1.54) is 0 Å². The number of esters is 2. The molecule has 0 aliphatic heterocycles. The highest BCUT2D eigenvalue weighted by Gasteiger charge is 2.21. The Bertz CT molecular complexity index is 1070. The molecule has 0 atom stereocenters. The van der Waals surface area contributed by atoms with Crippen LogP contribution in [-0.4, -0.2) is 24.4 Å². The Kier molecular flexibility index (Phi) is 11.2. The highest BCUT2D eigenvalue weighted by molar-refractivity contribution is 5.91. The van der Waals surface area contributed by atoms with Crippen molar-refractivity contribution in [1.29, 1.82) is 0 Å². The fraction of sp³-hybridized carbons (Fsp3) is 0.267. The summed E-state index contributed by atoms with van der Waals surface area (Å²) in [6.07, 6.45) is 1.55. The number of hydrogen-bond acceptors (Lipinski definition) is 5. The molecule has 0 saturated heterocycles. The molecule has 187 valence electrons. The van der Waals surface area contributed by atoms with Crippen molar-refractivity contribution >= 4 is 17.8 Å². The van der Waals surface area contributed by atoms with E-state index in [1.54, 1.807) is 0 Å². The fourth-order valence-corrected chi connectivity index (χ4v) is 3.56. The summed E-state index contributed by atoms with van der Waals surface area (Å²) >= 11 is 0. The summed E-state index contributed by atoms with van der Waals surface area (Å²) in [5.41, 5.74) is 2.84. The molecule has 0 aliphatic rings. The molecule has 0 heterocycles. The van der Waals surface area contributed by atoms with E-state index in [2.05, 4.69) is 5.32 Å². The van der Waals surface area contributed by atoms with Crippen molar-refractivity contribution in [2.45, 2.75) is 45.3 Å². The molecule has 0 aliphatic carbocycles. The van der Waals surface area contributed by atoms with Crippen LogP contribution in [-0.2, 0) is 43.5 Å². The van der Waals surface area contributed by atoms with Gasteiger partial charge in [0.2, 0.25) is 5.91 Å². The molecule has 1 amide bonds. The molecule has 1 radical (unpaired) electrons. The third-order valence-electron chi connectivity index (χ3n) is 5.54. The molecule has 0 unspecified atom stereocenters. The zero-order valence-corrected chi connectivity index (χ0v) is 20.4. The lowest BCUT2D eigenvalue weighted by atomic mass is 9.94. The van der Waals surface area contributed by atoms with Gasteiger partial charge in [-0.15, -0.1) is 0 Å². The molecule has 36 heavy (non-hydrogen) atoms. The second-order valence-electron chi connectivity index (χ2n) is 8.42. The first-order valence-electron chi connectivity index (χ1n) is 12.2. The number of ether oxygens (including phenoxy) is 2. The predicted molar refractivity (Wildman–Crippen MR) is 137 cm³/mol. The van der Waals surface area contributed by atoms with Crippen LogP contribution in [0.3, 0.4) is 0 Å². The zero-order valence-electron chi connectivity index (χ0n) is 20.4. The molecule has 6 nitrogen and oxygen atoms in total. The van der Waals surface area contributed by atoms with Gasteiger partial charge in [0, 0.05) is 19.4 Å². The Morgan fingerprint density at radius 2 is 1.06 bits per heavy atom. The zero-order chi connectivity index (χ0) is 25.4. The van der Waals surface area contributed by atoms with E-state index in [1.807, 2.05) is 91.0 Å². The van der Waals surface area contributed by atoms with Crippen LogP contribution in [0.5, 0.6) is 0 Å². The number of amides is 1. The maximum absolute atomic E-state index is 12.9. The van der Waals surface area contributed by atoms with Crippen molar-refractivity contribution in [2.24, 2.45) is 0 Å². The van der Waals surface area contributed by atoms with Crippen LogP contribution in [0.25, 0.3) is 0 Å². The summed E-state index contributed by atoms with van der Waals surface area (Å²) in [6.45, 7) is 0.789. The SMILES string of the molecule is O=C(CCCNC(=O)[C](CCC(=O)OCc1ccccc1)Cc1ccccc1)OCc1ccccc1. The van der Waals surface area contributed by atoms with Gasteiger partial charge in [-0.1, -0.05) is 91.0 Å². The first-order valence-corrected chi connectivity index (χ1v) is 12.2. The average molecular weight is 487 g/mol. The maximum atomic E-state index is 12.9. The van der Waals surface area contributed by atoms with E-state index in [0.29, 0.717) is 31.7 Å². The van der Waals surface area contributed by atoms with E-state index in [9.17, 15) is 14.4 Å². The molecular formula is C30H32NO5. The predicted octanol–water partition coefficient (Wildman–Crippen LogP) is 4.97. The molecule has 3 aromatic rings. The second-order valence-corrected chi connectivity index (χ2v) is 8.42. The van der Waals surface area contributed by atoms with Crippen molar-refractivity contribution < 1.29 is 23.9 Å². The van der Waals surface area contributed by atoms with Crippen LogP contribution in [0.15, 0.2) is 91.0 Å². The highest BCUT2D eigenvalue weighted by atomic mass is 16.5. The lowest BCUT2D eigenvalue weighted by molar-refractivity contribution is -0.146. The van der Waals surface area contributed by atoms with Crippen molar-refractivity contribution in [3.63, 3.8) is 0 Å². The fourth-order valence-electron chi connectivity index (χ4n) is 3.56. The Morgan fingerprint density at radius 1 is 0.583 bits per heavy atom. The van der Waals surface area contributed by atoms with Gasteiger partial charge in [-0.2, -0.15) is 0 Å². The van der Waals surface area contributed by atoms with Crippen molar-refractivity contribution in [3.05, 3.63) is 114 Å². The van der Waals surface area contributed by atoms with E-state index in [4.69, 9.17) is 9.47 Å². The van der Waals surface area contributed by atoms with Gasteiger partial charge in [-0.25, -0.2) is 0 Å². The maximum Gasteiger partial charge on any atom is 0.306 e. The van der Waals surface area contributed by atoms with E-state index in [-0.39, 0.29) is 43.9 Å². The summed E-state index contributed by atoms with van der Waals surface area (Å²) in [5, 5.41) is 2.88. The summed E-state index contributed by atoms with van der Waals surface area (Å²) < 4.78 is 10.6. The van der Waals surface area contributed by atoms with Gasteiger partial charge in [0.15, 0.2) is 0 Å². The lowest BCUT2D eigenvalue weighted by Crippen LogP contribution is -2.32. The van der Waals surface area contributed by atoms with Gasteiger partial charge in [-0.05, 0) is 36.0 Å². The van der Waals surface area contributed by atoms with Crippen LogP contribution < -0.4 is 5.32 Å². The largest absolute Gasteiger partial charge is 0.461 e. The van der Waals surface area contributed by atoms with Gasteiger partial charge < -0.3 is 14.8 Å². The molecule has 0 saturated carbocycles. The molecule has 1 N–H and O–H groups in total. The summed E-state index contributed by atoms with van der Waals surface area (Å²) in [4.78, 5) is 37.1. The number of carbonyl (C=O) groups excluding carboxylic acids is 3. The first kappa shape index (κ1) is 26.7. The van der Waals surface area contributed by atoms with Gasteiger partial charge in [0.05, 0.1) is 5.92 Å². The molecule has 3 aromatic carbocycles. The Balaban J connectivity index is 1.41. The van der Waals surface area contributed by atoms with Crippen molar-refractivity contribution in [2.75, 3.05) is 6.54 Å². The van der Waals surface area contributed by atoms with Crippen LogP contribution in [0.4, 0.5) is 0 Å². The Labute approximate surface area is 212 Å². The number of benzene rings is 3. The molecule has 3 rings (SSSR count). The molecule has 0 spiro atoms. The minimum absolute atomic E-state index is 0.119. The quantitative estimate of drug-likeness (QED) is 0.257. The average Bonchev–Trinajstić information content (AvgIpc) is 2.92. The van der Waals surface area contributed by atoms with Gasteiger partial charge in [-0.3, -0.25) is 14.4 Å². The monoisotopic (exact) mass is 486 g/mol. The van der Waals surface area contributed by atoms with Crippen LogP contribution in [0.1, 0.15) is 42.4 Å². The van der Waals surface area contributed by atoms with E-state index in [0.717, 1.165) is 16.7 Å². The smallest absolute Gasteiger partial charge is 0.306 e. The number of nitrogens with one attached hydrogen (secondary N) is 1. The molecule has 0 fully saturated rings. The molecule has 0 bridgehead atoms. The Hall–Kier alpha value is -3.93. The Morgan fingerprint density at radius 3 is 1.58 bits per heavy atom. The van der Waals surface area contributed by atoms with Gasteiger partial charge >= 0.3 is 11.9 Å². The topological polar surface area (TPSA) is 81.7 Å². The van der Waals surface area contributed by atoms with Gasteiger partial charge in [0.1, 0.15) is 13.2 Å². The minimum atomic E-state index is -0.349. The highest BCUT2D eigenvalue weighted by Crippen LogP contribution is 2.18.